The maximum absolute atomic E-state index is 13.2. The summed E-state index contributed by atoms with van der Waals surface area (Å²) >= 11 is 1.67. The Morgan fingerprint density at radius 2 is 1.83 bits per heavy atom. The van der Waals surface area contributed by atoms with E-state index in [1.54, 1.807) is 11.3 Å². The van der Waals surface area contributed by atoms with E-state index in [1.165, 1.54) is 23.3 Å². The zero-order valence-electron chi connectivity index (χ0n) is 19.2. The minimum Gasteiger partial charge on any atom is -0.322 e. The van der Waals surface area contributed by atoms with E-state index in [9.17, 15) is 18.0 Å². The zero-order valence-corrected chi connectivity index (χ0v) is 20.0. The molecule has 0 saturated carbocycles. The van der Waals surface area contributed by atoms with E-state index in [1.807, 2.05) is 17.6 Å². The van der Waals surface area contributed by atoms with E-state index in [4.69, 9.17) is 0 Å². The first-order valence-electron chi connectivity index (χ1n) is 11.8. The van der Waals surface area contributed by atoms with Crippen LogP contribution in [0.2, 0.25) is 0 Å². The predicted octanol–water partition coefficient (Wildman–Crippen LogP) is 6.69. The van der Waals surface area contributed by atoms with Crippen molar-refractivity contribution in [2.45, 2.75) is 51.4 Å². The Bertz CT molecular complexity index is 1230. The Kier molecular flexibility index (Phi) is 6.75. The van der Waals surface area contributed by atoms with Gasteiger partial charge in [-0.3, -0.25) is 9.69 Å². The third-order valence-electron chi connectivity index (χ3n) is 6.70. The first-order chi connectivity index (χ1) is 16.9. The molecule has 0 atom stereocenters. The summed E-state index contributed by atoms with van der Waals surface area (Å²) in [6, 6.07) is 11.2. The highest BCUT2D eigenvalue weighted by atomic mass is 32.1. The standard InChI is InChI=1S/C27H26F3N3OS/c28-27(29,30)21-8-5-18(6-9-21)23-3-1-2-4-24(23)26(34)32-22-10-7-20-16-33(13-11-19(20)15-22)17-25-31-12-14-35-25/h5-10,12,14-15H,1-4,11,13,16-17H2,(H,32,34). The number of benzene rings is 2. The average molecular weight is 498 g/mol. The first-order valence-corrected chi connectivity index (χ1v) is 12.7. The predicted molar refractivity (Wildman–Crippen MR) is 132 cm³/mol. The number of carbonyl (C=O) groups is 1. The number of allylic oxidation sites excluding steroid dienone is 1. The van der Waals surface area contributed by atoms with Crippen LogP contribution in [0.3, 0.4) is 0 Å². The van der Waals surface area contributed by atoms with Crippen LogP contribution in [0.4, 0.5) is 18.9 Å². The molecule has 35 heavy (non-hydrogen) atoms. The summed E-state index contributed by atoms with van der Waals surface area (Å²) in [6.07, 6.45) is 1.49. The lowest BCUT2D eigenvalue weighted by molar-refractivity contribution is -0.137. The Hall–Kier alpha value is -2.97. The molecular weight excluding hydrogens is 471 g/mol. The van der Waals surface area contributed by atoms with Gasteiger partial charge in [-0.25, -0.2) is 4.98 Å². The smallest absolute Gasteiger partial charge is 0.322 e. The summed E-state index contributed by atoms with van der Waals surface area (Å²) in [5.41, 5.74) is 4.78. The lowest BCUT2D eigenvalue weighted by Crippen LogP contribution is -2.30. The van der Waals surface area contributed by atoms with Crippen molar-refractivity contribution < 1.29 is 18.0 Å². The van der Waals surface area contributed by atoms with Gasteiger partial charge >= 0.3 is 6.18 Å². The van der Waals surface area contributed by atoms with Gasteiger partial charge in [-0.2, -0.15) is 13.2 Å². The molecule has 0 bridgehead atoms. The molecule has 1 aromatic heterocycles. The number of halogens is 3. The number of aromatic nitrogens is 1. The zero-order chi connectivity index (χ0) is 24.4. The molecule has 1 N–H and O–H groups in total. The SMILES string of the molecule is O=C(Nc1ccc2c(c1)CCN(Cc1nccs1)C2)C1=C(c2ccc(C(F)(F)F)cc2)CCCC1. The van der Waals surface area contributed by atoms with Gasteiger partial charge in [0.05, 0.1) is 12.1 Å². The number of nitrogens with one attached hydrogen (secondary N) is 1. The topological polar surface area (TPSA) is 45.2 Å². The summed E-state index contributed by atoms with van der Waals surface area (Å²) in [4.78, 5) is 20.0. The fourth-order valence-corrected chi connectivity index (χ4v) is 5.55. The van der Waals surface area contributed by atoms with E-state index in [0.29, 0.717) is 24.0 Å². The highest BCUT2D eigenvalue weighted by molar-refractivity contribution is 7.09. The molecule has 182 valence electrons. The maximum Gasteiger partial charge on any atom is 0.416 e. The summed E-state index contributed by atoms with van der Waals surface area (Å²) in [5, 5.41) is 6.15. The first kappa shape index (κ1) is 23.8. The fraction of sp³-hybridized carbons (Fsp3) is 0.333. The largest absolute Gasteiger partial charge is 0.416 e. The van der Waals surface area contributed by atoms with Crippen molar-refractivity contribution in [3.05, 3.63) is 86.9 Å². The van der Waals surface area contributed by atoms with Crippen LogP contribution in [-0.4, -0.2) is 22.3 Å². The molecule has 0 unspecified atom stereocenters. The van der Waals surface area contributed by atoms with Gasteiger partial charge in [-0.05, 0) is 78.6 Å². The number of thiazole rings is 1. The van der Waals surface area contributed by atoms with Crippen molar-refractivity contribution in [2.24, 2.45) is 0 Å². The van der Waals surface area contributed by atoms with Gasteiger partial charge < -0.3 is 5.32 Å². The minimum absolute atomic E-state index is 0.166. The molecule has 8 heteroatoms. The molecule has 2 aliphatic rings. The Morgan fingerprint density at radius 1 is 1.03 bits per heavy atom. The second-order valence-corrected chi connectivity index (χ2v) is 10.0. The molecule has 2 heterocycles. The van der Waals surface area contributed by atoms with Crippen LogP contribution in [0.1, 0.15) is 52.9 Å². The quantitative estimate of drug-likeness (QED) is 0.427. The number of fused-ring (bicyclic) bond motifs is 1. The van der Waals surface area contributed by atoms with Crippen molar-refractivity contribution in [3.8, 4) is 0 Å². The molecule has 1 amide bonds. The minimum atomic E-state index is -4.37. The highest BCUT2D eigenvalue weighted by Gasteiger charge is 2.30. The monoisotopic (exact) mass is 497 g/mol. The summed E-state index contributed by atoms with van der Waals surface area (Å²) < 4.78 is 38.9. The molecule has 0 fully saturated rings. The van der Waals surface area contributed by atoms with E-state index in [0.717, 1.165) is 67.3 Å². The molecule has 1 aliphatic carbocycles. The molecule has 1 aliphatic heterocycles. The van der Waals surface area contributed by atoms with Gasteiger partial charge in [0.25, 0.3) is 5.91 Å². The normalized spacial score (nSPS) is 16.8. The Labute approximate surface area is 206 Å². The van der Waals surface area contributed by atoms with E-state index >= 15 is 0 Å². The molecule has 5 rings (SSSR count). The van der Waals surface area contributed by atoms with Gasteiger partial charge in [0.1, 0.15) is 5.01 Å². The third-order valence-corrected chi connectivity index (χ3v) is 7.46. The van der Waals surface area contributed by atoms with Crippen LogP contribution in [0.5, 0.6) is 0 Å². The maximum atomic E-state index is 13.2. The van der Waals surface area contributed by atoms with E-state index < -0.39 is 11.7 Å². The fourth-order valence-electron chi connectivity index (χ4n) is 4.89. The second-order valence-electron chi connectivity index (χ2n) is 9.06. The van der Waals surface area contributed by atoms with Gasteiger partial charge in [0, 0.05) is 35.9 Å². The van der Waals surface area contributed by atoms with Crippen LogP contribution >= 0.6 is 11.3 Å². The van der Waals surface area contributed by atoms with Gasteiger partial charge in [-0.15, -0.1) is 11.3 Å². The molecule has 0 saturated heterocycles. The number of hydrogen-bond acceptors (Lipinski definition) is 4. The van der Waals surface area contributed by atoms with Crippen LogP contribution < -0.4 is 5.32 Å². The van der Waals surface area contributed by atoms with Crippen molar-refractivity contribution in [2.75, 3.05) is 11.9 Å². The number of rotatable bonds is 5. The number of anilines is 1. The second kappa shape index (κ2) is 9.95. The van der Waals surface area contributed by atoms with Crippen molar-refractivity contribution in [3.63, 3.8) is 0 Å². The molecular formula is C27H26F3N3OS. The van der Waals surface area contributed by atoms with Crippen LogP contribution in [-0.2, 0) is 30.5 Å². The number of hydrogen-bond donors (Lipinski definition) is 1. The number of alkyl halides is 3. The lowest BCUT2D eigenvalue weighted by Gasteiger charge is -2.28. The number of carbonyl (C=O) groups excluding carboxylic acids is 1. The summed E-state index contributed by atoms with van der Waals surface area (Å²) in [6.45, 7) is 2.63. The molecule has 0 spiro atoms. The van der Waals surface area contributed by atoms with Gasteiger partial charge in [0.15, 0.2) is 0 Å². The van der Waals surface area contributed by atoms with Crippen LogP contribution in [0.15, 0.2) is 59.6 Å². The number of amides is 1. The van der Waals surface area contributed by atoms with E-state index in [2.05, 4.69) is 27.3 Å². The Morgan fingerprint density at radius 3 is 2.57 bits per heavy atom. The average Bonchev–Trinajstić information content (AvgIpc) is 3.37. The van der Waals surface area contributed by atoms with Crippen molar-refractivity contribution in [1.29, 1.82) is 0 Å². The molecule has 4 nitrogen and oxygen atoms in total. The third kappa shape index (κ3) is 5.49. The Balaban J connectivity index is 1.31. The molecule has 0 radical (unpaired) electrons. The van der Waals surface area contributed by atoms with E-state index in [-0.39, 0.29) is 5.91 Å². The van der Waals surface area contributed by atoms with Crippen LogP contribution in [0, 0.1) is 0 Å². The number of nitrogens with zero attached hydrogens (tertiary/aromatic N) is 2. The summed E-state index contributed by atoms with van der Waals surface area (Å²) in [7, 11) is 0. The van der Waals surface area contributed by atoms with Crippen LogP contribution in [0.25, 0.3) is 5.57 Å². The molecule has 3 aromatic rings. The van der Waals surface area contributed by atoms with Gasteiger partial charge in [-0.1, -0.05) is 18.2 Å². The van der Waals surface area contributed by atoms with Crippen molar-refractivity contribution in [1.82, 2.24) is 9.88 Å². The lowest BCUT2D eigenvalue weighted by atomic mass is 9.86. The molecule has 2 aromatic carbocycles. The van der Waals surface area contributed by atoms with Crippen molar-refractivity contribution >= 4 is 28.5 Å². The summed E-state index contributed by atoms with van der Waals surface area (Å²) in [5.74, 6) is -0.166. The van der Waals surface area contributed by atoms with Gasteiger partial charge in [0.2, 0.25) is 0 Å². The highest BCUT2D eigenvalue weighted by Crippen LogP contribution is 2.35.